The zero-order chi connectivity index (χ0) is 20.8. The van der Waals surface area contributed by atoms with Gasteiger partial charge in [0.15, 0.2) is 6.61 Å². The largest absolute Gasteiger partial charge is 0.482 e. The van der Waals surface area contributed by atoms with Crippen LogP contribution in [0.5, 0.6) is 5.75 Å². The fourth-order valence-corrected chi connectivity index (χ4v) is 3.39. The third-order valence-corrected chi connectivity index (χ3v) is 4.92. The molecule has 4 aromatic rings. The maximum absolute atomic E-state index is 10.6. The molecule has 0 atom stereocenters. The number of aromatic amines is 1. The van der Waals surface area contributed by atoms with E-state index in [-0.39, 0.29) is 6.61 Å². The Morgan fingerprint density at radius 2 is 1.83 bits per heavy atom. The number of benzene rings is 3. The number of carbonyl (C=O) groups is 1. The Kier molecular flexibility index (Phi) is 5.90. The number of nitrogens with zero attached hydrogens (tertiary/aromatic N) is 1. The van der Waals surface area contributed by atoms with Crippen molar-refractivity contribution < 1.29 is 14.6 Å². The van der Waals surface area contributed by atoms with E-state index in [0.717, 1.165) is 29.3 Å². The van der Waals surface area contributed by atoms with Crippen molar-refractivity contribution in [2.45, 2.75) is 12.8 Å². The van der Waals surface area contributed by atoms with Gasteiger partial charge in [-0.1, -0.05) is 54.6 Å². The van der Waals surface area contributed by atoms with Crippen LogP contribution in [-0.2, 0) is 11.2 Å². The minimum Gasteiger partial charge on any atom is -0.482 e. The molecule has 0 aliphatic heterocycles. The summed E-state index contributed by atoms with van der Waals surface area (Å²) in [4.78, 5) is 10.6. The van der Waals surface area contributed by atoms with Crippen LogP contribution < -0.4 is 4.74 Å². The molecule has 0 fully saturated rings. The standard InChI is InChI=1S/C25H22N2O3/c28-25(29)17-30-23-11-7-19(8-12-23)14-21(20-4-2-1-3-5-20)10-6-18-9-13-24-22(15-18)16-26-27-24/h1-5,7-9,11-16H,6,10,17H2,(H,26,27)(H,28,29)/b21-14-. The molecule has 0 unspecified atom stereocenters. The van der Waals surface area contributed by atoms with Crippen LogP contribution in [0.25, 0.3) is 22.6 Å². The fraction of sp³-hybridized carbons (Fsp3) is 0.120. The lowest BCUT2D eigenvalue weighted by molar-refractivity contribution is -0.139. The zero-order valence-electron chi connectivity index (χ0n) is 16.4. The van der Waals surface area contributed by atoms with Gasteiger partial charge in [0.05, 0.1) is 11.7 Å². The third kappa shape index (κ3) is 4.94. The van der Waals surface area contributed by atoms with E-state index in [1.807, 2.05) is 36.5 Å². The summed E-state index contributed by atoms with van der Waals surface area (Å²) < 4.78 is 5.22. The van der Waals surface area contributed by atoms with Crippen molar-refractivity contribution in [3.8, 4) is 5.75 Å². The van der Waals surface area contributed by atoms with Crippen LogP contribution in [0.15, 0.2) is 79.0 Å². The number of aromatic nitrogens is 2. The van der Waals surface area contributed by atoms with Gasteiger partial charge < -0.3 is 9.84 Å². The van der Waals surface area contributed by atoms with E-state index in [1.54, 1.807) is 12.1 Å². The van der Waals surface area contributed by atoms with Gasteiger partial charge >= 0.3 is 5.97 Å². The van der Waals surface area contributed by atoms with Crippen LogP contribution in [0.1, 0.15) is 23.1 Å². The summed E-state index contributed by atoms with van der Waals surface area (Å²) in [7, 11) is 0. The quantitative estimate of drug-likeness (QED) is 0.400. The number of ether oxygens (including phenoxy) is 1. The molecule has 4 rings (SSSR count). The number of allylic oxidation sites excluding steroid dienone is 1. The molecule has 0 saturated carbocycles. The SMILES string of the molecule is O=C(O)COc1ccc(/C=C(/CCc2ccc3[nH]ncc3c2)c2ccccc2)cc1. The Labute approximate surface area is 174 Å². The highest BCUT2D eigenvalue weighted by molar-refractivity contribution is 5.82. The Bertz CT molecular complexity index is 1160. The number of rotatable bonds is 8. The van der Waals surface area contributed by atoms with Gasteiger partial charge in [0, 0.05) is 5.39 Å². The Morgan fingerprint density at radius 3 is 2.60 bits per heavy atom. The number of hydrogen-bond acceptors (Lipinski definition) is 3. The van der Waals surface area contributed by atoms with Gasteiger partial charge in [-0.3, -0.25) is 5.10 Å². The van der Waals surface area contributed by atoms with Crippen molar-refractivity contribution in [1.29, 1.82) is 0 Å². The minimum absolute atomic E-state index is 0.342. The van der Waals surface area contributed by atoms with Gasteiger partial charge in [-0.2, -0.15) is 5.10 Å². The first-order valence-corrected chi connectivity index (χ1v) is 9.80. The molecule has 0 amide bonds. The highest BCUT2D eigenvalue weighted by Crippen LogP contribution is 2.25. The van der Waals surface area contributed by atoms with Gasteiger partial charge in [0.1, 0.15) is 5.75 Å². The predicted octanol–water partition coefficient (Wildman–Crippen LogP) is 5.20. The van der Waals surface area contributed by atoms with Crippen LogP contribution in [0.3, 0.4) is 0 Å². The first-order chi connectivity index (χ1) is 14.7. The maximum Gasteiger partial charge on any atom is 0.341 e. The smallest absolute Gasteiger partial charge is 0.341 e. The van der Waals surface area contributed by atoms with Crippen LogP contribution in [0, 0.1) is 0 Å². The predicted molar refractivity (Wildman–Crippen MR) is 118 cm³/mol. The number of carboxylic acid groups (broad SMARTS) is 1. The van der Waals surface area contributed by atoms with Gasteiger partial charge in [-0.05, 0) is 59.4 Å². The summed E-state index contributed by atoms with van der Waals surface area (Å²) >= 11 is 0. The van der Waals surface area contributed by atoms with E-state index in [9.17, 15) is 4.79 Å². The number of H-pyrrole nitrogens is 1. The van der Waals surface area contributed by atoms with E-state index in [4.69, 9.17) is 9.84 Å². The summed E-state index contributed by atoms with van der Waals surface area (Å²) in [6.07, 6.45) is 5.83. The summed E-state index contributed by atoms with van der Waals surface area (Å²) in [6, 6.07) is 24.2. The molecular formula is C25H22N2O3. The highest BCUT2D eigenvalue weighted by atomic mass is 16.5. The van der Waals surface area contributed by atoms with Crippen LogP contribution in [0.2, 0.25) is 0 Å². The average molecular weight is 398 g/mol. The topological polar surface area (TPSA) is 75.2 Å². The van der Waals surface area contributed by atoms with E-state index in [0.29, 0.717) is 5.75 Å². The van der Waals surface area contributed by atoms with Crippen molar-refractivity contribution >= 4 is 28.5 Å². The zero-order valence-corrected chi connectivity index (χ0v) is 16.4. The third-order valence-electron chi connectivity index (χ3n) is 4.92. The highest BCUT2D eigenvalue weighted by Gasteiger charge is 2.05. The monoisotopic (exact) mass is 398 g/mol. The number of aryl methyl sites for hydroxylation is 1. The number of aliphatic carboxylic acids is 1. The van der Waals surface area contributed by atoms with E-state index in [2.05, 4.69) is 46.6 Å². The number of fused-ring (bicyclic) bond motifs is 1. The minimum atomic E-state index is -0.987. The molecule has 0 radical (unpaired) electrons. The molecule has 0 aliphatic carbocycles. The number of nitrogens with one attached hydrogen (secondary N) is 1. The normalized spacial score (nSPS) is 11.5. The summed E-state index contributed by atoms with van der Waals surface area (Å²) in [6.45, 7) is -0.342. The summed E-state index contributed by atoms with van der Waals surface area (Å²) in [5.41, 5.74) is 5.78. The second-order valence-electron chi connectivity index (χ2n) is 7.08. The number of carboxylic acids is 1. The van der Waals surface area contributed by atoms with Crippen molar-refractivity contribution in [3.63, 3.8) is 0 Å². The lowest BCUT2D eigenvalue weighted by Gasteiger charge is -2.10. The van der Waals surface area contributed by atoms with E-state index < -0.39 is 5.97 Å². The van der Waals surface area contributed by atoms with Gasteiger partial charge in [-0.15, -0.1) is 0 Å². The van der Waals surface area contributed by atoms with E-state index in [1.165, 1.54) is 16.7 Å². The average Bonchev–Trinajstić information content (AvgIpc) is 3.24. The molecule has 0 spiro atoms. The van der Waals surface area contributed by atoms with Crippen LogP contribution in [0.4, 0.5) is 0 Å². The Morgan fingerprint density at radius 1 is 1.03 bits per heavy atom. The molecule has 2 N–H and O–H groups in total. The number of hydrogen-bond donors (Lipinski definition) is 2. The second-order valence-corrected chi connectivity index (χ2v) is 7.08. The second kappa shape index (κ2) is 9.09. The molecule has 0 bridgehead atoms. The molecule has 150 valence electrons. The lowest BCUT2D eigenvalue weighted by atomic mass is 9.96. The van der Waals surface area contributed by atoms with Crippen molar-refractivity contribution in [2.75, 3.05) is 6.61 Å². The summed E-state index contributed by atoms with van der Waals surface area (Å²) in [5.74, 6) is -0.442. The Balaban J connectivity index is 1.54. The molecule has 5 nitrogen and oxygen atoms in total. The molecule has 5 heteroatoms. The molecular weight excluding hydrogens is 376 g/mol. The van der Waals surface area contributed by atoms with Gasteiger partial charge in [0.2, 0.25) is 0 Å². The van der Waals surface area contributed by atoms with Crippen LogP contribution in [-0.4, -0.2) is 27.9 Å². The van der Waals surface area contributed by atoms with Crippen molar-refractivity contribution in [3.05, 3.63) is 95.7 Å². The maximum atomic E-state index is 10.6. The fourth-order valence-electron chi connectivity index (χ4n) is 3.39. The van der Waals surface area contributed by atoms with E-state index >= 15 is 0 Å². The molecule has 0 aliphatic rings. The van der Waals surface area contributed by atoms with Gasteiger partial charge in [-0.25, -0.2) is 4.79 Å². The van der Waals surface area contributed by atoms with Crippen molar-refractivity contribution in [2.24, 2.45) is 0 Å². The van der Waals surface area contributed by atoms with Gasteiger partial charge in [0.25, 0.3) is 0 Å². The molecule has 0 saturated heterocycles. The van der Waals surface area contributed by atoms with Crippen LogP contribution >= 0.6 is 0 Å². The Hall–Kier alpha value is -3.86. The molecule has 1 heterocycles. The van der Waals surface area contributed by atoms with Crippen molar-refractivity contribution in [1.82, 2.24) is 10.2 Å². The molecule has 1 aromatic heterocycles. The summed E-state index contributed by atoms with van der Waals surface area (Å²) in [5, 5.41) is 16.9. The first kappa shape index (κ1) is 19.5. The molecule has 30 heavy (non-hydrogen) atoms. The first-order valence-electron chi connectivity index (χ1n) is 9.80. The lowest BCUT2D eigenvalue weighted by Crippen LogP contribution is -2.09. The molecule has 3 aromatic carbocycles.